The van der Waals surface area contributed by atoms with Gasteiger partial charge in [-0.15, -0.1) is 0 Å². The normalized spacial score (nSPS) is 15.2. The van der Waals surface area contributed by atoms with Crippen LogP contribution in [0.4, 0.5) is 13.2 Å². The first-order valence-corrected chi connectivity index (χ1v) is 6.61. The van der Waals surface area contributed by atoms with Crippen molar-refractivity contribution in [3.8, 4) is 0 Å². The summed E-state index contributed by atoms with van der Waals surface area (Å²) in [5.41, 5.74) is -0.0919. The maximum atomic E-state index is 12.5. The third-order valence-electron chi connectivity index (χ3n) is 3.05. The molecule has 0 bridgehead atoms. The molecule has 2 rings (SSSR count). The lowest BCUT2D eigenvalue weighted by Crippen LogP contribution is -2.29. The second kappa shape index (κ2) is 6.26. The maximum absolute atomic E-state index is 12.5. The zero-order valence-electron chi connectivity index (χ0n) is 11.0. The van der Waals surface area contributed by atoms with E-state index in [0.717, 1.165) is 25.0 Å². The molecule has 6 heteroatoms. The van der Waals surface area contributed by atoms with Crippen LogP contribution in [0.3, 0.4) is 0 Å². The Balaban J connectivity index is 1.72. The van der Waals surface area contributed by atoms with Gasteiger partial charge in [0.15, 0.2) is 0 Å². The van der Waals surface area contributed by atoms with Crippen LogP contribution in [-0.4, -0.2) is 18.5 Å². The molecule has 0 radical (unpaired) electrons. The third kappa shape index (κ3) is 4.85. The highest BCUT2D eigenvalue weighted by Crippen LogP contribution is 2.29. The molecule has 0 unspecified atom stereocenters. The molecule has 1 amide bonds. The Bertz CT molecular complexity index is 470. The van der Waals surface area contributed by atoms with Crippen LogP contribution in [-0.2, 0) is 17.5 Å². The molecule has 2 N–H and O–H groups in total. The number of rotatable bonds is 6. The van der Waals surface area contributed by atoms with Crippen LogP contribution < -0.4 is 10.6 Å². The van der Waals surface area contributed by atoms with E-state index in [9.17, 15) is 18.0 Å². The van der Waals surface area contributed by atoms with Crippen molar-refractivity contribution in [2.45, 2.75) is 38.0 Å². The van der Waals surface area contributed by atoms with Gasteiger partial charge >= 0.3 is 6.18 Å². The number of hydrogen-bond donors (Lipinski definition) is 2. The molecule has 1 aliphatic carbocycles. The molecule has 0 spiro atoms. The average Bonchev–Trinajstić information content (AvgIpc) is 3.18. The predicted molar refractivity (Wildman–Crippen MR) is 68.9 cm³/mol. The zero-order valence-corrected chi connectivity index (χ0v) is 11.0. The quantitative estimate of drug-likeness (QED) is 0.789. The van der Waals surface area contributed by atoms with Crippen LogP contribution in [0, 0.1) is 0 Å². The van der Waals surface area contributed by atoms with Crippen LogP contribution in [0.1, 0.15) is 30.4 Å². The smallest absolute Gasteiger partial charge is 0.353 e. The lowest BCUT2D eigenvalue weighted by atomic mass is 10.1. The van der Waals surface area contributed by atoms with E-state index in [4.69, 9.17) is 0 Å². The molecule has 1 aliphatic rings. The lowest BCUT2D eigenvalue weighted by molar-refractivity contribution is -0.137. The minimum absolute atomic E-state index is 0.0101. The molecule has 1 aromatic carbocycles. The molecule has 0 saturated heterocycles. The SMILES string of the molecule is O=C(CCNCc1cccc(C(F)(F)F)c1)NC1CC1. The van der Waals surface area contributed by atoms with Gasteiger partial charge in [0.1, 0.15) is 0 Å². The number of carbonyl (C=O) groups is 1. The van der Waals surface area contributed by atoms with E-state index in [2.05, 4.69) is 10.6 Å². The van der Waals surface area contributed by atoms with Crippen molar-refractivity contribution >= 4 is 5.91 Å². The van der Waals surface area contributed by atoms with Gasteiger partial charge in [0, 0.05) is 25.6 Å². The van der Waals surface area contributed by atoms with E-state index >= 15 is 0 Å². The second-order valence-electron chi connectivity index (χ2n) is 4.97. The van der Waals surface area contributed by atoms with E-state index in [1.807, 2.05) is 0 Å². The lowest BCUT2D eigenvalue weighted by Gasteiger charge is -2.09. The summed E-state index contributed by atoms with van der Waals surface area (Å²) in [5.74, 6) is -0.0101. The molecular weight excluding hydrogens is 269 g/mol. The monoisotopic (exact) mass is 286 g/mol. The molecule has 1 saturated carbocycles. The number of nitrogens with one attached hydrogen (secondary N) is 2. The van der Waals surface area contributed by atoms with Gasteiger partial charge in [-0.3, -0.25) is 4.79 Å². The Kier molecular flexibility index (Phi) is 4.65. The Labute approximate surface area is 115 Å². The fourth-order valence-electron chi connectivity index (χ4n) is 1.82. The number of alkyl halides is 3. The predicted octanol–water partition coefficient (Wildman–Crippen LogP) is 2.46. The Morgan fingerprint density at radius 1 is 1.30 bits per heavy atom. The summed E-state index contributed by atoms with van der Waals surface area (Å²) in [7, 11) is 0. The molecule has 110 valence electrons. The Hall–Kier alpha value is -1.56. The van der Waals surface area contributed by atoms with Gasteiger partial charge in [0.05, 0.1) is 5.56 Å². The number of benzene rings is 1. The fourth-order valence-corrected chi connectivity index (χ4v) is 1.82. The molecular formula is C14H17F3N2O. The van der Waals surface area contributed by atoms with Crippen LogP contribution in [0.5, 0.6) is 0 Å². The van der Waals surface area contributed by atoms with E-state index in [1.165, 1.54) is 6.07 Å². The van der Waals surface area contributed by atoms with Gasteiger partial charge in [-0.25, -0.2) is 0 Å². The largest absolute Gasteiger partial charge is 0.416 e. The Morgan fingerprint density at radius 2 is 2.05 bits per heavy atom. The van der Waals surface area contributed by atoms with Gasteiger partial charge in [-0.2, -0.15) is 13.2 Å². The average molecular weight is 286 g/mol. The van der Waals surface area contributed by atoms with Crippen molar-refractivity contribution in [2.24, 2.45) is 0 Å². The molecule has 1 fully saturated rings. The first kappa shape index (κ1) is 14.8. The van der Waals surface area contributed by atoms with Gasteiger partial charge < -0.3 is 10.6 Å². The number of amides is 1. The molecule has 20 heavy (non-hydrogen) atoms. The fraction of sp³-hybridized carbons (Fsp3) is 0.500. The van der Waals surface area contributed by atoms with Crippen LogP contribution >= 0.6 is 0 Å². The van der Waals surface area contributed by atoms with E-state index < -0.39 is 11.7 Å². The minimum Gasteiger partial charge on any atom is -0.353 e. The van der Waals surface area contributed by atoms with Crippen molar-refractivity contribution in [3.63, 3.8) is 0 Å². The van der Waals surface area contributed by atoms with E-state index in [1.54, 1.807) is 6.07 Å². The molecule has 3 nitrogen and oxygen atoms in total. The van der Waals surface area contributed by atoms with E-state index in [-0.39, 0.29) is 5.91 Å². The Morgan fingerprint density at radius 3 is 2.70 bits per heavy atom. The van der Waals surface area contributed by atoms with Crippen molar-refractivity contribution in [2.75, 3.05) is 6.54 Å². The third-order valence-corrected chi connectivity index (χ3v) is 3.05. The summed E-state index contributed by atoms with van der Waals surface area (Å²) in [6, 6.07) is 5.53. The van der Waals surface area contributed by atoms with Crippen LogP contribution in [0.15, 0.2) is 24.3 Å². The van der Waals surface area contributed by atoms with E-state index in [0.29, 0.717) is 31.1 Å². The minimum atomic E-state index is -4.32. The first-order chi connectivity index (χ1) is 9.45. The first-order valence-electron chi connectivity index (χ1n) is 6.61. The maximum Gasteiger partial charge on any atom is 0.416 e. The van der Waals surface area contributed by atoms with Crippen molar-refractivity contribution in [3.05, 3.63) is 35.4 Å². The summed E-state index contributed by atoms with van der Waals surface area (Å²) in [5, 5.41) is 5.83. The number of halogens is 3. The number of hydrogen-bond acceptors (Lipinski definition) is 2. The summed E-state index contributed by atoms with van der Waals surface area (Å²) in [6.07, 6.45) is -1.89. The summed E-state index contributed by atoms with van der Waals surface area (Å²) in [6.45, 7) is 0.773. The zero-order chi connectivity index (χ0) is 14.6. The van der Waals surface area contributed by atoms with Gasteiger partial charge in [-0.1, -0.05) is 18.2 Å². The highest BCUT2D eigenvalue weighted by Gasteiger charge is 2.30. The molecule has 0 heterocycles. The highest BCUT2D eigenvalue weighted by molar-refractivity contribution is 5.76. The van der Waals surface area contributed by atoms with Crippen LogP contribution in [0.25, 0.3) is 0 Å². The highest BCUT2D eigenvalue weighted by atomic mass is 19.4. The summed E-state index contributed by atoms with van der Waals surface area (Å²) < 4.78 is 37.5. The standard InChI is InChI=1S/C14H17F3N2O/c15-14(16,17)11-3-1-2-10(8-11)9-18-7-6-13(20)19-12-4-5-12/h1-3,8,12,18H,4-7,9H2,(H,19,20). The van der Waals surface area contributed by atoms with Crippen molar-refractivity contribution < 1.29 is 18.0 Å². The number of carbonyl (C=O) groups excluding carboxylic acids is 1. The molecule has 0 atom stereocenters. The molecule has 0 aromatic heterocycles. The topological polar surface area (TPSA) is 41.1 Å². The molecule has 1 aromatic rings. The van der Waals surface area contributed by atoms with Gasteiger partial charge in [0.25, 0.3) is 0 Å². The van der Waals surface area contributed by atoms with Crippen molar-refractivity contribution in [1.29, 1.82) is 0 Å². The van der Waals surface area contributed by atoms with Crippen molar-refractivity contribution in [1.82, 2.24) is 10.6 Å². The molecule has 0 aliphatic heterocycles. The summed E-state index contributed by atoms with van der Waals surface area (Å²) in [4.78, 5) is 11.4. The second-order valence-corrected chi connectivity index (χ2v) is 4.97. The van der Waals surface area contributed by atoms with Gasteiger partial charge in [-0.05, 0) is 24.5 Å². The van der Waals surface area contributed by atoms with Gasteiger partial charge in [0.2, 0.25) is 5.91 Å². The van der Waals surface area contributed by atoms with Crippen LogP contribution in [0.2, 0.25) is 0 Å². The summed E-state index contributed by atoms with van der Waals surface area (Å²) >= 11 is 0.